The Morgan fingerprint density at radius 1 is 0.885 bits per heavy atom. The van der Waals surface area contributed by atoms with Gasteiger partial charge in [-0.05, 0) is 61.9 Å². The van der Waals surface area contributed by atoms with E-state index in [0.717, 1.165) is 0 Å². The van der Waals surface area contributed by atoms with Crippen LogP contribution in [0.4, 0.5) is 0 Å². The second-order valence-corrected chi connectivity index (χ2v) is 8.25. The van der Waals surface area contributed by atoms with Gasteiger partial charge in [-0.2, -0.15) is 0 Å². The monoisotopic (exact) mass is 345 g/mol. The lowest BCUT2D eigenvalue weighted by molar-refractivity contribution is -0.0427. The van der Waals surface area contributed by atoms with Gasteiger partial charge in [0.25, 0.3) is 0 Å². The summed E-state index contributed by atoms with van der Waals surface area (Å²) in [6.07, 6.45) is 9.87. The molecule has 2 heterocycles. The first-order valence-electron chi connectivity index (χ1n) is 9.94. The molecule has 2 aromatic rings. The van der Waals surface area contributed by atoms with Crippen LogP contribution in [0.1, 0.15) is 59.6 Å². The van der Waals surface area contributed by atoms with E-state index in [1.165, 1.54) is 53.5 Å². The van der Waals surface area contributed by atoms with Crippen LogP contribution in [-0.4, -0.2) is 30.1 Å². The highest BCUT2D eigenvalue weighted by Gasteiger charge is 2.40. The van der Waals surface area contributed by atoms with E-state index >= 15 is 0 Å². The largest absolute Gasteiger partial charge is 0.365 e. The molecule has 1 aliphatic carbocycles. The molecule has 2 fully saturated rings. The Labute approximate surface area is 156 Å². The van der Waals surface area contributed by atoms with Gasteiger partial charge in [0, 0.05) is 12.1 Å². The highest BCUT2D eigenvalue weighted by Crippen LogP contribution is 2.41. The zero-order chi connectivity index (χ0) is 17.7. The summed E-state index contributed by atoms with van der Waals surface area (Å²) in [7, 11) is 2.29. The fourth-order valence-corrected chi connectivity index (χ4v) is 5.13. The van der Waals surface area contributed by atoms with E-state index in [4.69, 9.17) is 4.74 Å². The van der Waals surface area contributed by atoms with Crippen LogP contribution in [0, 0.1) is 6.92 Å². The number of hydrogen-bond donors (Lipinski definition) is 0. The van der Waals surface area contributed by atoms with Crippen LogP contribution >= 0.6 is 0 Å². The molecule has 2 bridgehead atoms. The molecule has 3 aliphatic rings. The van der Waals surface area contributed by atoms with Gasteiger partial charge in [-0.1, -0.05) is 60.2 Å². The van der Waals surface area contributed by atoms with E-state index in [1.807, 2.05) is 0 Å². The highest BCUT2D eigenvalue weighted by atomic mass is 16.5. The van der Waals surface area contributed by atoms with Gasteiger partial charge in [0.1, 0.15) is 6.10 Å². The van der Waals surface area contributed by atoms with Crippen LogP contribution in [0.5, 0.6) is 0 Å². The highest BCUT2D eigenvalue weighted by molar-refractivity contribution is 5.76. The molecule has 134 valence electrons. The molecule has 0 saturated carbocycles. The predicted octanol–water partition coefficient (Wildman–Crippen LogP) is 5.21. The third-order valence-corrected chi connectivity index (χ3v) is 6.63. The first kappa shape index (κ1) is 16.3. The van der Waals surface area contributed by atoms with Crippen LogP contribution in [-0.2, 0) is 4.74 Å². The molecule has 0 aromatic heterocycles. The van der Waals surface area contributed by atoms with Gasteiger partial charge in [-0.15, -0.1) is 0 Å². The van der Waals surface area contributed by atoms with E-state index in [-0.39, 0.29) is 6.10 Å². The third kappa shape index (κ3) is 2.72. The van der Waals surface area contributed by atoms with Gasteiger partial charge >= 0.3 is 0 Å². The summed E-state index contributed by atoms with van der Waals surface area (Å²) >= 11 is 0. The summed E-state index contributed by atoms with van der Waals surface area (Å²) in [5.41, 5.74) is 6.49. The average Bonchev–Trinajstić information content (AvgIpc) is 2.83. The van der Waals surface area contributed by atoms with Crippen LogP contribution in [0.3, 0.4) is 0 Å². The van der Waals surface area contributed by atoms with Crippen molar-refractivity contribution in [3.05, 3.63) is 70.3 Å². The van der Waals surface area contributed by atoms with Crippen LogP contribution in [0.2, 0.25) is 0 Å². The number of benzene rings is 2. The lowest BCUT2D eigenvalue weighted by Crippen LogP contribution is -2.43. The second kappa shape index (κ2) is 6.37. The molecule has 2 saturated heterocycles. The molecular weight excluding hydrogens is 318 g/mol. The van der Waals surface area contributed by atoms with Gasteiger partial charge in [0.15, 0.2) is 0 Å². The summed E-state index contributed by atoms with van der Waals surface area (Å²) in [6.45, 7) is 2.17. The quantitative estimate of drug-likeness (QED) is 0.741. The SMILES string of the molecule is Cc1ccc2c(c1)[C@@H](OC1C[C@H]3CC[C@@H](C1)N3C)c1ccccc1C=C2. The fourth-order valence-electron chi connectivity index (χ4n) is 5.13. The van der Waals surface area contributed by atoms with E-state index in [2.05, 4.69) is 73.5 Å². The van der Waals surface area contributed by atoms with E-state index in [1.54, 1.807) is 0 Å². The Morgan fingerprint density at radius 2 is 1.58 bits per heavy atom. The number of hydrogen-bond acceptors (Lipinski definition) is 2. The van der Waals surface area contributed by atoms with E-state index in [0.29, 0.717) is 18.2 Å². The zero-order valence-corrected chi connectivity index (χ0v) is 15.7. The van der Waals surface area contributed by atoms with Crippen molar-refractivity contribution in [3.8, 4) is 0 Å². The van der Waals surface area contributed by atoms with Crippen molar-refractivity contribution in [2.24, 2.45) is 0 Å². The molecular formula is C24H27NO. The summed E-state index contributed by atoms with van der Waals surface area (Å²) < 4.78 is 6.88. The lowest BCUT2D eigenvalue weighted by Gasteiger charge is -2.38. The molecule has 5 rings (SSSR count). The molecule has 0 radical (unpaired) electrons. The number of rotatable bonds is 2. The Kier molecular flexibility index (Phi) is 3.99. The van der Waals surface area contributed by atoms with Crippen molar-refractivity contribution in [2.75, 3.05) is 7.05 Å². The minimum absolute atomic E-state index is 0.0314. The summed E-state index contributed by atoms with van der Waals surface area (Å²) in [6, 6.07) is 16.9. The third-order valence-electron chi connectivity index (χ3n) is 6.63. The van der Waals surface area contributed by atoms with E-state index in [9.17, 15) is 0 Å². The maximum atomic E-state index is 6.88. The smallest absolute Gasteiger partial charge is 0.109 e. The summed E-state index contributed by atoms with van der Waals surface area (Å²) in [4.78, 5) is 2.58. The fraction of sp³-hybridized carbons (Fsp3) is 0.417. The maximum absolute atomic E-state index is 6.88. The Balaban J connectivity index is 1.53. The summed E-state index contributed by atoms with van der Waals surface area (Å²) in [5.74, 6) is 0. The standard InChI is InChI=1S/C24H27NO/c1-16-7-8-18-10-9-17-5-3-4-6-22(17)24(23(18)13-16)26-21-14-19-11-12-20(15-21)25(19)2/h3-10,13,19-21,24H,11-12,14-15H2,1-2H3/t19-,20+,21?,24-/m0/s1. The van der Waals surface area contributed by atoms with Crippen molar-refractivity contribution in [3.63, 3.8) is 0 Å². The van der Waals surface area contributed by atoms with Crippen molar-refractivity contribution in [1.82, 2.24) is 4.90 Å². The Morgan fingerprint density at radius 3 is 2.35 bits per heavy atom. The Bertz CT molecular complexity index is 841. The molecule has 0 N–H and O–H groups in total. The predicted molar refractivity (Wildman–Crippen MR) is 107 cm³/mol. The number of aryl methyl sites for hydroxylation is 1. The van der Waals surface area contributed by atoms with Crippen LogP contribution < -0.4 is 0 Å². The molecule has 26 heavy (non-hydrogen) atoms. The topological polar surface area (TPSA) is 12.5 Å². The van der Waals surface area contributed by atoms with Crippen LogP contribution in [0.25, 0.3) is 12.2 Å². The van der Waals surface area contributed by atoms with Gasteiger partial charge in [-0.3, -0.25) is 0 Å². The molecule has 2 aliphatic heterocycles. The molecule has 0 spiro atoms. The lowest BCUT2D eigenvalue weighted by atomic mass is 9.94. The molecule has 1 unspecified atom stereocenters. The van der Waals surface area contributed by atoms with Crippen molar-refractivity contribution in [2.45, 2.75) is 56.9 Å². The molecule has 4 atom stereocenters. The number of ether oxygens (including phenoxy) is 1. The first-order valence-corrected chi connectivity index (χ1v) is 9.94. The van der Waals surface area contributed by atoms with Crippen LogP contribution in [0.15, 0.2) is 42.5 Å². The molecule has 2 aromatic carbocycles. The minimum Gasteiger partial charge on any atom is -0.365 e. The normalized spacial score (nSPS) is 29.9. The van der Waals surface area contributed by atoms with Gasteiger partial charge in [-0.25, -0.2) is 0 Å². The molecule has 0 amide bonds. The first-order chi connectivity index (χ1) is 12.7. The molecule has 2 nitrogen and oxygen atoms in total. The Hall–Kier alpha value is -1.90. The van der Waals surface area contributed by atoms with Crippen molar-refractivity contribution in [1.29, 1.82) is 0 Å². The zero-order valence-electron chi connectivity index (χ0n) is 15.7. The maximum Gasteiger partial charge on any atom is 0.109 e. The van der Waals surface area contributed by atoms with Crippen molar-refractivity contribution < 1.29 is 4.74 Å². The average molecular weight is 345 g/mol. The van der Waals surface area contributed by atoms with E-state index < -0.39 is 0 Å². The summed E-state index contributed by atoms with van der Waals surface area (Å²) in [5, 5.41) is 0. The van der Waals surface area contributed by atoms with Crippen molar-refractivity contribution >= 4 is 12.2 Å². The molecule has 2 heteroatoms. The number of fused-ring (bicyclic) bond motifs is 4. The number of piperidine rings is 1. The number of nitrogens with zero attached hydrogens (tertiary/aromatic N) is 1. The second-order valence-electron chi connectivity index (χ2n) is 8.25. The minimum atomic E-state index is 0.0314. The van der Waals surface area contributed by atoms with Gasteiger partial charge in [0.2, 0.25) is 0 Å². The van der Waals surface area contributed by atoms with Gasteiger partial charge in [0.05, 0.1) is 6.10 Å². The van der Waals surface area contributed by atoms with Gasteiger partial charge < -0.3 is 9.64 Å².